The van der Waals surface area contributed by atoms with E-state index in [1.807, 2.05) is 0 Å². The van der Waals surface area contributed by atoms with E-state index in [0.29, 0.717) is 11.8 Å². The predicted molar refractivity (Wildman–Crippen MR) is 49.5 cm³/mol. The Hall–Kier alpha value is -0.570. The van der Waals surface area contributed by atoms with Gasteiger partial charge in [-0.05, 0) is 18.8 Å². The SMILES string of the molecule is CC(C)C(C)(NC([NH3+])=O)C(C)C. The Morgan fingerprint density at radius 2 is 1.58 bits per heavy atom. The molecule has 0 rings (SSSR count). The summed E-state index contributed by atoms with van der Waals surface area (Å²) in [5, 5.41) is 2.91. The Bertz CT molecular complexity index is 156. The highest BCUT2D eigenvalue weighted by Gasteiger charge is 2.33. The van der Waals surface area contributed by atoms with Crippen molar-refractivity contribution in [3.8, 4) is 0 Å². The van der Waals surface area contributed by atoms with Gasteiger partial charge in [-0.25, -0.2) is 4.79 Å². The first-order chi connectivity index (χ1) is 5.30. The summed E-state index contributed by atoms with van der Waals surface area (Å²) in [6, 6.07) is -0.195. The van der Waals surface area contributed by atoms with Crippen LogP contribution in [0.4, 0.5) is 4.79 Å². The number of carbonyl (C=O) groups is 1. The van der Waals surface area contributed by atoms with E-state index in [4.69, 9.17) is 0 Å². The number of hydrogen-bond acceptors (Lipinski definition) is 1. The molecule has 0 bridgehead atoms. The molecule has 72 valence electrons. The summed E-state index contributed by atoms with van der Waals surface area (Å²) >= 11 is 0. The van der Waals surface area contributed by atoms with E-state index in [0.717, 1.165) is 0 Å². The number of quaternary nitrogens is 1. The first-order valence-corrected chi connectivity index (χ1v) is 4.44. The van der Waals surface area contributed by atoms with Gasteiger partial charge in [-0.15, -0.1) is 0 Å². The molecule has 0 aliphatic carbocycles. The van der Waals surface area contributed by atoms with Crippen LogP contribution in [0.3, 0.4) is 0 Å². The molecule has 0 radical (unpaired) electrons. The van der Waals surface area contributed by atoms with E-state index >= 15 is 0 Å². The Labute approximate surface area is 74.7 Å². The van der Waals surface area contributed by atoms with Gasteiger partial charge in [0.1, 0.15) is 0 Å². The van der Waals surface area contributed by atoms with Gasteiger partial charge in [-0.2, -0.15) is 0 Å². The predicted octanol–water partition coefficient (Wildman–Crippen LogP) is 1.01. The summed E-state index contributed by atoms with van der Waals surface area (Å²) in [5.74, 6) is 0.839. The van der Waals surface area contributed by atoms with Crippen LogP contribution in [-0.4, -0.2) is 11.6 Å². The number of urea groups is 1. The molecule has 0 heterocycles. The first kappa shape index (κ1) is 11.4. The van der Waals surface area contributed by atoms with Crippen LogP contribution in [0, 0.1) is 11.8 Å². The third-order valence-corrected chi connectivity index (χ3v) is 2.81. The molecule has 0 spiro atoms. The first-order valence-electron chi connectivity index (χ1n) is 4.44. The van der Waals surface area contributed by atoms with E-state index < -0.39 is 0 Å². The molecule has 0 atom stereocenters. The molecule has 0 aromatic rings. The molecule has 12 heavy (non-hydrogen) atoms. The smallest absolute Gasteiger partial charge is 0.300 e. The van der Waals surface area contributed by atoms with Crippen LogP contribution < -0.4 is 11.1 Å². The lowest BCUT2D eigenvalue weighted by Crippen LogP contribution is -2.69. The highest BCUT2D eigenvalue weighted by atomic mass is 16.2. The van der Waals surface area contributed by atoms with Crippen LogP contribution in [0.2, 0.25) is 0 Å². The van der Waals surface area contributed by atoms with Crippen LogP contribution >= 0.6 is 0 Å². The van der Waals surface area contributed by atoms with Gasteiger partial charge < -0.3 is 5.32 Å². The van der Waals surface area contributed by atoms with Gasteiger partial charge >= 0.3 is 6.03 Å². The molecule has 0 aliphatic rings. The fourth-order valence-corrected chi connectivity index (χ4v) is 1.26. The van der Waals surface area contributed by atoms with Gasteiger partial charge in [0.25, 0.3) is 0 Å². The number of nitrogens with one attached hydrogen (secondary N) is 1. The van der Waals surface area contributed by atoms with Crippen molar-refractivity contribution in [1.29, 1.82) is 0 Å². The highest BCUT2D eigenvalue weighted by molar-refractivity contribution is 5.63. The second-order valence-electron chi connectivity index (χ2n) is 4.14. The van der Waals surface area contributed by atoms with E-state index in [9.17, 15) is 4.79 Å². The van der Waals surface area contributed by atoms with Crippen LogP contribution in [-0.2, 0) is 0 Å². The summed E-state index contributed by atoms with van der Waals surface area (Å²) in [4.78, 5) is 10.8. The van der Waals surface area contributed by atoms with Crippen LogP contribution in [0.5, 0.6) is 0 Å². The van der Waals surface area contributed by atoms with Crippen molar-refractivity contribution in [2.45, 2.75) is 40.2 Å². The van der Waals surface area contributed by atoms with E-state index in [1.54, 1.807) is 0 Å². The molecule has 0 aliphatic heterocycles. The zero-order valence-electron chi connectivity index (χ0n) is 8.77. The normalized spacial score (nSPS) is 12.3. The van der Waals surface area contributed by atoms with Gasteiger partial charge in [0.05, 0.1) is 0 Å². The van der Waals surface area contributed by atoms with Crippen LogP contribution in [0.1, 0.15) is 34.6 Å². The summed E-state index contributed by atoms with van der Waals surface area (Å²) in [5.41, 5.74) is 3.20. The minimum Gasteiger partial charge on any atom is -0.300 e. The molecule has 4 N–H and O–H groups in total. The third kappa shape index (κ3) is 2.48. The number of carbonyl (C=O) groups excluding carboxylic acids is 1. The van der Waals surface area contributed by atoms with Crippen LogP contribution in [0.15, 0.2) is 0 Å². The lowest BCUT2D eigenvalue weighted by Gasteiger charge is -2.37. The van der Waals surface area contributed by atoms with Crippen LogP contribution in [0.25, 0.3) is 0 Å². The molecule has 0 aromatic carbocycles. The van der Waals surface area contributed by atoms with Crippen molar-refractivity contribution >= 4 is 6.03 Å². The Kier molecular flexibility index (Phi) is 3.71. The Balaban J connectivity index is 4.51. The summed E-state index contributed by atoms with van der Waals surface area (Å²) in [6.45, 7) is 10.5. The molecule has 0 saturated carbocycles. The maximum absolute atomic E-state index is 10.8. The summed E-state index contributed by atoms with van der Waals surface area (Å²) in [6.07, 6.45) is 0. The van der Waals surface area contributed by atoms with Crippen molar-refractivity contribution < 1.29 is 10.5 Å². The van der Waals surface area contributed by atoms with Gasteiger partial charge in [0.15, 0.2) is 0 Å². The summed E-state index contributed by atoms with van der Waals surface area (Å²) in [7, 11) is 0. The zero-order valence-corrected chi connectivity index (χ0v) is 8.77. The fourth-order valence-electron chi connectivity index (χ4n) is 1.26. The Morgan fingerprint density at radius 1 is 1.25 bits per heavy atom. The Morgan fingerprint density at radius 3 is 1.67 bits per heavy atom. The van der Waals surface area contributed by atoms with Crippen molar-refractivity contribution in [1.82, 2.24) is 5.32 Å². The second-order valence-corrected chi connectivity index (χ2v) is 4.14. The maximum Gasteiger partial charge on any atom is 0.412 e. The largest absolute Gasteiger partial charge is 0.412 e. The number of hydrogen-bond donors (Lipinski definition) is 2. The molecular weight excluding hydrogens is 152 g/mol. The molecule has 3 heteroatoms. The molecule has 0 unspecified atom stereocenters. The van der Waals surface area contributed by atoms with E-state index in [2.05, 4.69) is 45.7 Å². The summed E-state index contributed by atoms with van der Waals surface area (Å²) < 4.78 is 0. The second kappa shape index (κ2) is 3.90. The lowest BCUT2D eigenvalue weighted by atomic mass is 9.79. The zero-order chi connectivity index (χ0) is 9.94. The van der Waals surface area contributed by atoms with Gasteiger partial charge in [0, 0.05) is 5.54 Å². The average Bonchev–Trinajstić information content (AvgIpc) is 1.84. The third-order valence-electron chi connectivity index (χ3n) is 2.81. The van der Waals surface area contributed by atoms with Crippen molar-refractivity contribution in [2.24, 2.45) is 11.8 Å². The van der Waals surface area contributed by atoms with Gasteiger partial charge in [0.2, 0.25) is 0 Å². The monoisotopic (exact) mass is 173 g/mol. The molecule has 0 aromatic heterocycles. The average molecular weight is 173 g/mol. The van der Waals surface area contributed by atoms with Gasteiger partial charge in [-0.1, -0.05) is 27.7 Å². The molecule has 3 nitrogen and oxygen atoms in total. The maximum atomic E-state index is 10.8. The number of rotatable bonds is 3. The van der Waals surface area contributed by atoms with Crippen molar-refractivity contribution in [3.05, 3.63) is 0 Å². The van der Waals surface area contributed by atoms with E-state index in [-0.39, 0.29) is 11.6 Å². The minimum absolute atomic E-state index is 0.140. The van der Waals surface area contributed by atoms with Gasteiger partial charge in [-0.3, -0.25) is 5.73 Å². The van der Waals surface area contributed by atoms with Crippen molar-refractivity contribution in [3.63, 3.8) is 0 Å². The molecular formula is C9H21N2O+. The fraction of sp³-hybridized carbons (Fsp3) is 0.889. The lowest BCUT2D eigenvalue weighted by molar-refractivity contribution is -0.254. The number of amides is 2. The minimum atomic E-state index is -0.195. The van der Waals surface area contributed by atoms with Crippen molar-refractivity contribution in [2.75, 3.05) is 0 Å². The molecule has 2 amide bonds. The highest BCUT2D eigenvalue weighted by Crippen LogP contribution is 2.24. The standard InChI is InChI=1S/C9H20N2O/c1-6(2)9(5,7(3)4)11-8(10)12/h6-7H,1-5H3,(H3,10,11,12)/p+1. The topological polar surface area (TPSA) is 56.7 Å². The molecule has 0 saturated heterocycles. The quantitative estimate of drug-likeness (QED) is 0.657. The molecule has 0 fully saturated rings. The van der Waals surface area contributed by atoms with E-state index in [1.165, 1.54) is 0 Å².